The predicted octanol–water partition coefficient (Wildman–Crippen LogP) is 3.89. The normalized spacial score (nSPS) is 10.1. The Morgan fingerprint density at radius 2 is 1.52 bits per heavy atom. The average molecular weight is 283 g/mol. The van der Waals surface area contributed by atoms with Crippen LogP contribution in [0, 0.1) is 0 Å². The molecule has 0 saturated heterocycles. The van der Waals surface area contributed by atoms with E-state index < -0.39 is 0 Å². The minimum Gasteiger partial charge on any atom is -0.450 e. The lowest BCUT2D eigenvalue weighted by atomic mass is 10.1. The van der Waals surface area contributed by atoms with E-state index in [0.717, 1.165) is 12.0 Å². The van der Waals surface area contributed by atoms with Crippen LogP contribution in [-0.4, -0.2) is 24.1 Å². The summed E-state index contributed by atoms with van der Waals surface area (Å²) in [7, 11) is 0. The number of carbonyl (C=O) groups excluding carboxylic acids is 1. The maximum Gasteiger partial charge on any atom is 0.410 e. The molecule has 2 aromatic rings. The van der Waals surface area contributed by atoms with Crippen molar-refractivity contribution in [1.82, 2.24) is 4.90 Å². The summed E-state index contributed by atoms with van der Waals surface area (Å²) < 4.78 is 5.15. The topological polar surface area (TPSA) is 29.5 Å². The van der Waals surface area contributed by atoms with Gasteiger partial charge in [-0.1, -0.05) is 60.7 Å². The Morgan fingerprint density at radius 3 is 2.10 bits per heavy atom. The van der Waals surface area contributed by atoms with Crippen molar-refractivity contribution in [3.63, 3.8) is 0 Å². The first-order valence-electron chi connectivity index (χ1n) is 7.29. The van der Waals surface area contributed by atoms with E-state index in [9.17, 15) is 4.79 Å². The van der Waals surface area contributed by atoms with Crippen LogP contribution < -0.4 is 0 Å². The van der Waals surface area contributed by atoms with Crippen molar-refractivity contribution in [2.24, 2.45) is 0 Å². The molecule has 0 radical (unpaired) electrons. The Hall–Kier alpha value is -2.29. The first-order valence-corrected chi connectivity index (χ1v) is 7.29. The van der Waals surface area contributed by atoms with Gasteiger partial charge in [0.15, 0.2) is 0 Å². The molecule has 2 rings (SSSR count). The fourth-order valence-electron chi connectivity index (χ4n) is 2.16. The van der Waals surface area contributed by atoms with E-state index in [1.807, 2.05) is 55.5 Å². The number of amides is 1. The van der Waals surface area contributed by atoms with Crippen LogP contribution in [0.2, 0.25) is 0 Å². The lowest BCUT2D eigenvalue weighted by Crippen LogP contribution is -2.33. The van der Waals surface area contributed by atoms with Crippen molar-refractivity contribution in [3.8, 4) is 0 Å². The van der Waals surface area contributed by atoms with Crippen molar-refractivity contribution in [3.05, 3.63) is 71.8 Å². The molecule has 0 aliphatic heterocycles. The maximum absolute atomic E-state index is 12.1. The molecule has 0 heterocycles. The molecule has 0 N–H and O–H groups in total. The molecular weight excluding hydrogens is 262 g/mol. The molecule has 0 unspecified atom stereocenters. The van der Waals surface area contributed by atoms with E-state index in [4.69, 9.17) is 4.74 Å². The van der Waals surface area contributed by atoms with E-state index in [-0.39, 0.29) is 6.09 Å². The number of hydrogen-bond donors (Lipinski definition) is 0. The van der Waals surface area contributed by atoms with E-state index >= 15 is 0 Å². The summed E-state index contributed by atoms with van der Waals surface area (Å²) in [6.07, 6.45) is 0.573. The molecule has 0 fully saturated rings. The Labute approximate surface area is 126 Å². The highest BCUT2D eigenvalue weighted by molar-refractivity contribution is 5.67. The second-order valence-corrected chi connectivity index (χ2v) is 4.84. The van der Waals surface area contributed by atoms with E-state index in [0.29, 0.717) is 19.7 Å². The third-order valence-electron chi connectivity index (χ3n) is 3.26. The van der Waals surface area contributed by atoms with Gasteiger partial charge < -0.3 is 9.64 Å². The SMILES string of the molecule is CCOC(=O)N(CCc1ccccc1)Cc1ccccc1. The largest absolute Gasteiger partial charge is 0.450 e. The first kappa shape index (κ1) is 15.1. The van der Waals surface area contributed by atoms with Gasteiger partial charge in [-0.05, 0) is 24.5 Å². The maximum atomic E-state index is 12.1. The molecule has 0 aliphatic carbocycles. The van der Waals surface area contributed by atoms with Crippen molar-refractivity contribution in [1.29, 1.82) is 0 Å². The third kappa shape index (κ3) is 4.95. The smallest absolute Gasteiger partial charge is 0.410 e. The van der Waals surface area contributed by atoms with E-state index in [1.165, 1.54) is 5.56 Å². The quantitative estimate of drug-likeness (QED) is 0.805. The molecule has 0 aliphatic rings. The number of benzene rings is 2. The fourth-order valence-corrected chi connectivity index (χ4v) is 2.16. The monoisotopic (exact) mass is 283 g/mol. The zero-order valence-electron chi connectivity index (χ0n) is 12.4. The van der Waals surface area contributed by atoms with Crippen LogP contribution in [0.3, 0.4) is 0 Å². The highest BCUT2D eigenvalue weighted by Crippen LogP contribution is 2.08. The molecule has 0 spiro atoms. The van der Waals surface area contributed by atoms with Crippen LogP contribution in [0.5, 0.6) is 0 Å². The van der Waals surface area contributed by atoms with Crippen molar-refractivity contribution >= 4 is 6.09 Å². The number of nitrogens with zero attached hydrogens (tertiary/aromatic N) is 1. The molecular formula is C18H21NO2. The fraction of sp³-hybridized carbons (Fsp3) is 0.278. The van der Waals surface area contributed by atoms with Crippen LogP contribution in [0.25, 0.3) is 0 Å². The number of hydrogen-bond acceptors (Lipinski definition) is 2. The lowest BCUT2D eigenvalue weighted by Gasteiger charge is -2.22. The van der Waals surface area contributed by atoms with Gasteiger partial charge in [-0.3, -0.25) is 0 Å². The molecule has 0 saturated carbocycles. The molecule has 0 bridgehead atoms. The van der Waals surface area contributed by atoms with Gasteiger partial charge in [0.1, 0.15) is 0 Å². The van der Waals surface area contributed by atoms with E-state index in [1.54, 1.807) is 4.90 Å². The molecule has 2 aromatic carbocycles. The van der Waals surface area contributed by atoms with Crippen LogP contribution in [0.15, 0.2) is 60.7 Å². The molecule has 0 aromatic heterocycles. The van der Waals surface area contributed by atoms with Gasteiger partial charge in [0.05, 0.1) is 6.61 Å². The van der Waals surface area contributed by atoms with Gasteiger partial charge in [0, 0.05) is 13.1 Å². The Kier molecular flexibility index (Phi) is 5.83. The average Bonchev–Trinajstić information content (AvgIpc) is 2.53. The summed E-state index contributed by atoms with van der Waals surface area (Å²) in [5.74, 6) is 0. The van der Waals surface area contributed by atoms with Gasteiger partial charge in [-0.2, -0.15) is 0 Å². The molecule has 3 heteroatoms. The Morgan fingerprint density at radius 1 is 0.952 bits per heavy atom. The highest BCUT2D eigenvalue weighted by Gasteiger charge is 2.14. The zero-order chi connectivity index (χ0) is 14.9. The summed E-state index contributed by atoms with van der Waals surface area (Å²) in [6, 6.07) is 20.2. The van der Waals surface area contributed by atoms with Gasteiger partial charge in [-0.25, -0.2) is 4.79 Å². The van der Waals surface area contributed by atoms with Gasteiger partial charge in [0.25, 0.3) is 0 Å². The van der Waals surface area contributed by atoms with Gasteiger partial charge in [0.2, 0.25) is 0 Å². The zero-order valence-corrected chi connectivity index (χ0v) is 12.4. The number of ether oxygens (including phenoxy) is 1. The number of carbonyl (C=O) groups is 1. The standard InChI is InChI=1S/C18H21NO2/c1-2-21-18(20)19(15-17-11-7-4-8-12-17)14-13-16-9-5-3-6-10-16/h3-12H,2,13-15H2,1H3. The molecule has 0 atom stereocenters. The molecule has 3 nitrogen and oxygen atoms in total. The second-order valence-electron chi connectivity index (χ2n) is 4.84. The van der Waals surface area contributed by atoms with Crippen molar-refractivity contribution in [2.75, 3.05) is 13.2 Å². The van der Waals surface area contributed by atoms with Crippen LogP contribution in [0.4, 0.5) is 4.79 Å². The minimum atomic E-state index is -0.253. The van der Waals surface area contributed by atoms with Crippen LogP contribution in [-0.2, 0) is 17.7 Å². The molecule has 21 heavy (non-hydrogen) atoms. The third-order valence-corrected chi connectivity index (χ3v) is 3.26. The highest BCUT2D eigenvalue weighted by atomic mass is 16.6. The molecule has 1 amide bonds. The predicted molar refractivity (Wildman–Crippen MR) is 84.0 cm³/mol. The van der Waals surface area contributed by atoms with Gasteiger partial charge >= 0.3 is 6.09 Å². The van der Waals surface area contributed by atoms with Gasteiger partial charge in [-0.15, -0.1) is 0 Å². The first-order chi connectivity index (χ1) is 10.3. The summed E-state index contributed by atoms with van der Waals surface area (Å²) in [5.41, 5.74) is 2.33. The summed E-state index contributed by atoms with van der Waals surface area (Å²) >= 11 is 0. The minimum absolute atomic E-state index is 0.253. The summed E-state index contributed by atoms with van der Waals surface area (Å²) in [5, 5.41) is 0. The van der Waals surface area contributed by atoms with E-state index in [2.05, 4.69) is 12.1 Å². The lowest BCUT2D eigenvalue weighted by molar-refractivity contribution is 0.105. The number of rotatable bonds is 6. The molecule has 110 valence electrons. The second kappa shape index (κ2) is 8.10. The summed E-state index contributed by atoms with van der Waals surface area (Å²) in [6.45, 7) is 3.45. The Balaban J connectivity index is 2.00. The van der Waals surface area contributed by atoms with Crippen LogP contribution >= 0.6 is 0 Å². The Bertz CT molecular complexity index is 540. The van der Waals surface area contributed by atoms with Crippen molar-refractivity contribution < 1.29 is 9.53 Å². The van der Waals surface area contributed by atoms with Crippen molar-refractivity contribution in [2.45, 2.75) is 19.9 Å². The summed E-state index contributed by atoms with van der Waals surface area (Å²) in [4.78, 5) is 13.8. The van der Waals surface area contributed by atoms with Crippen LogP contribution in [0.1, 0.15) is 18.1 Å².